The molecule has 2 heterocycles. The van der Waals surface area contributed by atoms with Gasteiger partial charge in [-0.2, -0.15) is 0 Å². The Hall–Kier alpha value is -2.05. The number of aromatic hydroxyl groups is 1. The number of hydrogen-bond acceptors (Lipinski definition) is 6. The molecule has 21 heavy (non-hydrogen) atoms. The van der Waals surface area contributed by atoms with E-state index in [1.165, 1.54) is 6.07 Å². The molecule has 0 saturated heterocycles. The Kier molecular flexibility index (Phi) is 2.96. The Bertz CT molecular complexity index is 774. The number of phenols is 1. The van der Waals surface area contributed by atoms with E-state index in [1.54, 1.807) is 13.8 Å². The van der Waals surface area contributed by atoms with Gasteiger partial charge in [-0.3, -0.25) is 4.79 Å². The molecule has 2 aromatic rings. The molecule has 0 spiro atoms. The second-order valence-corrected chi connectivity index (χ2v) is 5.74. The molecule has 6 heteroatoms. The maximum atomic E-state index is 12.0. The molecular formula is C15H16O6. The zero-order valence-electron chi connectivity index (χ0n) is 11.7. The van der Waals surface area contributed by atoms with Crippen LogP contribution < -0.4 is 10.2 Å². The van der Waals surface area contributed by atoms with Crippen LogP contribution in [-0.4, -0.2) is 27.0 Å². The fraction of sp³-hybridized carbons (Fsp3) is 0.400. The lowest BCUT2D eigenvalue weighted by Gasteiger charge is -2.37. The summed E-state index contributed by atoms with van der Waals surface area (Å²) < 4.78 is 11.1. The highest BCUT2D eigenvalue weighted by Crippen LogP contribution is 2.41. The van der Waals surface area contributed by atoms with Crippen molar-refractivity contribution >= 4 is 11.0 Å². The van der Waals surface area contributed by atoms with E-state index < -0.39 is 23.7 Å². The van der Waals surface area contributed by atoms with Crippen LogP contribution in [0.15, 0.2) is 21.3 Å². The minimum absolute atomic E-state index is 0.0291. The molecule has 1 atom stereocenters. The SMILES string of the molecule is CC1(C)Oc2cc3oc(CO)cc(=O)c3c(O)c2C[C@@H]1O. The van der Waals surface area contributed by atoms with E-state index in [2.05, 4.69) is 0 Å². The summed E-state index contributed by atoms with van der Waals surface area (Å²) in [5, 5.41) is 29.5. The van der Waals surface area contributed by atoms with Crippen molar-refractivity contribution in [2.75, 3.05) is 0 Å². The van der Waals surface area contributed by atoms with Gasteiger partial charge in [0, 0.05) is 24.1 Å². The largest absolute Gasteiger partial charge is 0.507 e. The van der Waals surface area contributed by atoms with E-state index >= 15 is 0 Å². The van der Waals surface area contributed by atoms with Gasteiger partial charge in [0.15, 0.2) is 5.43 Å². The average Bonchev–Trinajstić information content (AvgIpc) is 2.40. The van der Waals surface area contributed by atoms with Gasteiger partial charge in [-0.05, 0) is 13.8 Å². The Morgan fingerprint density at radius 1 is 1.38 bits per heavy atom. The minimum atomic E-state index is -0.804. The van der Waals surface area contributed by atoms with Crippen LogP contribution in [0.2, 0.25) is 0 Å². The van der Waals surface area contributed by atoms with Crippen LogP contribution in [-0.2, 0) is 13.0 Å². The molecule has 0 fully saturated rings. The van der Waals surface area contributed by atoms with Crippen LogP contribution in [0, 0.1) is 0 Å². The molecule has 0 unspecified atom stereocenters. The number of benzene rings is 1. The van der Waals surface area contributed by atoms with Gasteiger partial charge in [0.1, 0.15) is 40.4 Å². The van der Waals surface area contributed by atoms with Gasteiger partial charge in [0.05, 0.1) is 6.10 Å². The minimum Gasteiger partial charge on any atom is -0.507 e. The van der Waals surface area contributed by atoms with E-state index in [1.807, 2.05) is 0 Å². The highest BCUT2D eigenvalue weighted by Gasteiger charge is 2.37. The third-order valence-corrected chi connectivity index (χ3v) is 3.84. The van der Waals surface area contributed by atoms with Gasteiger partial charge in [-0.25, -0.2) is 0 Å². The predicted octanol–water partition coefficient (Wildman–Crippen LogP) is 1.07. The van der Waals surface area contributed by atoms with Crippen molar-refractivity contribution in [3.05, 3.63) is 33.7 Å². The summed E-state index contributed by atoms with van der Waals surface area (Å²) in [5.74, 6) is 0.241. The van der Waals surface area contributed by atoms with Gasteiger partial charge in [0.25, 0.3) is 0 Å². The second-order valence-electron chi connectivity index (χ2n) is 5.74. The van der Waals surface area contributed by atoms with Gasteiger partial charge in [0.2, 0.25) is 0 Å². The van der Waals surface area contributed by atoms with Crippen molar-refractivity contribution in [1.82, 2.24) is 0 Å². The highest BCUT2D eigenvalue weighted by atomic mass is 16.5. The van der Waals surface area contributed by atoms with E-state index in [-0.39, 0.29) is 28.9 Å². The first-order valence-electron chi connectivity index (χ1n) is 6.63. The summed E-state index contributed by atoms with van der Waals surface area (Å²) in [5.41, 5.74) is -0.713. The summed E-state index contributed by atoms with van der Waals surface area (Å²) in [6.45, 7) is 3.07. The van der Waals surface area contributed by atoms with E-state index in [0.29, 0.717) is 11.3 Å². The highest BCUT2D eigenvalue weighted by molar-refractivity contribution is 5.87. The van der Waals surface area contributed by atoms with Crippen molar-refractivity contribution in [2.45, 2.75) is 38.6 Å². The van der Waals surface area contributed by atoms with Gasteiger partial charge in [-0.1, -0.05) is 0 Å². The van der Waals surface area contributed by atoms with Crippen LogP contribution in [0.1, 0.15) is 25.2 Å². The zero-order valence-corrected chi connectivity index (χ0v) is 11.7. The number of aliphatic hydroxyl groups excluding tert-OH is 2. The average molecular weight is 292 g/mol. The van der Waals surface area contributed by atoms with Crippen LogP contribution in [0.5, 0.6) is 11.5 Å². The molecule has 6 nitrogen and oxygen atoms in total. The number of fused-ring (bicyclic) bond motifs is 2. The standard InChI is InChI=1S/C15H16O6/c1-15(2)12(18)4-8-10(21-15)5-11-13(14(8)19)9(17)3-7(6-16)20-11/h3,5,12,16,18-19H,4,6H2,1-2H3/t12-/m0/s1. The van der Waals surface area contributed by atoms with Gasteiger partial charge >= 0.3 is 0 Å². The molecule has 1 aliphatic heterocycles. The van der Waals surface area contributed by atoms with E-state index in [9.17, 15) is 15.0 Å². The molecule has 0 saturated carbocycles. The lowest BCUT2D eigenvalue weighted by Crippen LogP contribution is -2.46. The molecule has 3 N–H and O–H groups in total. The van der Waals surface area contributed by atoms with Crippen LogP contribution in [0.3, 0.4) is 0 Å². The molecule has 1 aliphatic rings. The normalized spacial score (nSPS) is 20.1. The number of hydrogen-bond donors (Lipinski definition) is 3. The van der Waals surface area contributed by atoms with Gasteiger partial charge < -0.3 is 24.5 Å². The van der Waals surface area contributed by atoms with Crippen LogP contribution >= 0.6 is 0 Å². The summed E-state index contributed by atoms with van der Waals surface area (Å²) in [6, 6.07) is 2.65. The monoisotopic (exact) mass is 292 g/mol. The Morgan fingerprint density at radius 3 is 2.76 bits per heavy atom. The lowest BCUT2D eigenvalue weighted by atomic mass is 9.90. The molecule has 1 aromatic heterocycles. The predicted molar refractivity (Wildman–Crippen MR) is 74.5 cm³/mol. The molecule has 0 bridgehead atoms. The molecule has 3 rings (SSSR count). The number of ether oxygens (including phenoxy) is 1. The zero-order chi connectivity index (χ0) is 15.4. The summed E-state index contributed by atoms with van der Waals surface area (Å²) in [4.78, 5) is 12.0. The fourth-order valence-electron chi connectivity index (χ4n) is 2.53. The van der Waals surface area contributed by atoms with Gasteiger partial charge in [-0.15, -0.1) is 0 Å². The molecule has 0 amide bonds. The van der Waals surface area contributed by atoms with Crippen molar-refractivity contribution in [3.8, 4) is 11.5 Å². The third-order valence-electron chi connectivity index (χ3n) is 3.84. The van der Waals surface area contributed by atoms with Crippen molar-refractivity contribution in [1.29, 1.82) is 0 Å². The molecule has 0 aliphatic carbocycles. The first kappa shape index (κ1) is 13.9. The van der Waals surface area contributed by atoms with Crippen molar-refractivity contribution < 1.29 is 24.5 Å². The maximum Gasteiger partial charge on any atom is 0.196 e. The quantitative estimate of drug-likeness (QED) is 0.727. The van der Waals surface area contributed by atoms with Crippen LogP contribution in [0.25, 0.3) is 11.0 Å². The molecule has 0 radical (unpaired) electrons. The van der Waals surface area contributed by atoms with Crippen LogP contribution in [0.4, 0.5) is 0 Å². The van der Waals surface area contributed by atoms with Crippen molar-refractivity contribution in [2.24, 2.45) is 0 Å². The number of aliphatic hydroxyl groups is 2. The smallest absolute Gasteiger partial charge is 0.196 e. The first-order chi connectivity index (χ1) is 9.83. The Balaban J connectivity index is 2.31. The van der Waals surface area contributed by atoms with Crippen molar-refractivity contribution in [3.63, 3.8) is 0 Å². The Morgan fingerprint density at radius 2 is 2.10 bits per heavy atom. The second kappa shape index (κ2) is 4.47. The summed E-state index contributed by atoms with van der Waals surface area (Å²) in [6.07, 6.45) is -0.609. The first-order valence-corrected chi connectivity index (χ1v) is 6.63. The lowest BCUT2D eigenvalue weighted by molar-refractivity contribution is -0.0415. The molecule has 1 aromatic carbocycles. The summed E-state index contributed by atoms with van der Waals surface area (Å²) in [7, 11) is 0. The third kappa shape index (κ3) is 2.07. The fourth-order valence-corrected chi connectivity index (χ4v) is 2.53. The molecular weight excluding hydrogens is 276 g/mol. The topological polar surface area (TPSA) is 100 Å². The Labute approximate surface area is 120 Å². The summed E-state index contributed by atoms with van der Waals surface area (Å²) >= 11 is 0. The molecule has 112 valence electrons. The number of rotatable bonds is 1. The number of phenolic OH excluding ortho intramolecular Hbond substituents is 1. The van der Waals surface area contributed by atoms with E-state index in [4.69, 9.17) is 14.3 Å². The maximum absolute atomic E-state index is 12.0. The van der Waals surface area contributed by atoms with E-state index in [0.717, 1.165) is 6.07 Å².